The first-order valence-corrected chi connectivity index (χ1v) is 11.5. The number of rotatable bonds is 7. The van der Waals surface area contributed by atoms with Crippen molar-refractivity contribution in [3.05, 3.63) is 108 Å². The van der Waals surface area contributed by atoms with Crippen LogP contribution in [0.2, 0.25) is 0 Å². The zero-order valence-corrected chi connectivity index (χ0v) is 19.6. The van der Waals surface area contributed by atoms with Crippen molar-refractivity contribution in [1.29, 1.82) is 0 Å². The molecule has 0 radical (unpaired) electrons. The third-order valence-corrected chi connectivity index (χ3v) is 6.77. The van der Waals surface area contributed by atoms with E-state index in [1.165, 1.54) is 14.2 Å². The van der Waals surface area contributed by atoms with Crippen LogP contribution in [0.4, 0.5) is 0 Å². The van der Waals surface area contributed by atoms with Crippen LogP contribution in [0.5, 0.6) is 0 Å². The van der Waals surface area contributed by atoms with Gasteiger partial charge >= 0.3 is 11.9 Å². The van der Waals surface area contributed by atoms with Crippen molar-refractivity contribution in [2.45, 2.75) is 31.2 Å². The number of methoxy groups -OCH3 is 2. The molecule has 0 heterocycles. The fourth-order valence-electron chi connectivity index (χ4n) is 5.18. The van der Waals surface area contributed by atoms with Gasteiger partial charge in [0.25, 0.3) is 0 Å². The van der Waals surface area contributed by atoms with E-state index in [1.54, 1.807) is 0 Å². The molecule has 0 N–H and O–H groups in total. The molecule has 1 aliphatic rings. The molecule has 3 aromatic carbocycles. The van der Waals surface area contributed by atoms with Crippen LogP contribution in [0.25, 0.3) is 0 Å². The van der Waals surface area contributed by atoms with Crippen molar-refractivity contribution in [2.75, 3.05) is 14.2 Å². The summed E-state index contributed by atoms with van der Waals surface area (Å²) in [5.41, 5.74) is 0.106. The summed E-state index contributed by atoms with van der Waals surface area (Å²) in [5.74, 6) is -1.01. The molecule has 174 valence electrons. The van der Waals surface area contributed by atoms with Crippen LogP contribution in [-0.2, 0) is 24.6 Å². The molecule has 0 aliphatic heterocycles. The number of ether oxygens (including phenoxy) is 2. The van der Waals surface area contributed by atoms with Crippen molar-refractivity contribution in [2.24, 2.45) is 10.4 Å². The van der Waals surface area contributed by atoms with Gasteiger partial charge in [-0.15, -0.1) is 0 Å². The molecule has 1 fully saturated rings. The van der Waals surface area contributed by atoms with Gasteiger partial charge in [-0.1, -0.05) is 104 Å². The van der Waals surface area contributed by atoms with E-state index in [4.69, 9.17) is 14.5 Å². The topological polar surface area (TPSA) is 65.0 Å². The van der Waals surface area contributed by atoms with E-state index < -0.39 is 22.9 Å². The van der Waals surface area contributed by atoms with Gasteiger partial charge < -0.3 is 9.47 Å². The summed E-state index contributed by atoms with van der Waals surface area (Å²) >= 11 is 0. The quantitative estimate of drug-likeness (QED) is 0.357. The van der Waals surface area contributed by atoms with Crippen molar-refractivity contribution in [3.8, 4) is 0 Å². The first-order valence-electron chi connectivity index (χ1n) is 11.5. The predicted octanol–water partition coefficient (Wildman–Crippen LogP) is 5.33. The van der Waals surface area contributed by atoms with Crippen molar-refractivity contribution in [1.82, 2.24) is 0 Å². The molecule has 5 nitrogen and oxygen atoms in total. The molecule has 1 aliphatic carbocycles. The lowest BCUT2D eigenvalue weighted by Gasteiger charge is -2.42. The number of carbonyl (C=O) groups excluding carboxylic acids is 2. The van der Waals surface area contributed by atoms with E-state index in [0.717, 1.165) is 24.0 Å². The molecule has 0 amide bonds. The van der Waals surface area contributed by atoms with Gasteiger partial charge in [0.1, 0.15) is 5.41 Å². The number of esters is 2. The first-order chi connectivity index (χ1) is 16.6. The molecule has 1 unspecified atom stereocenters. The molecule has 34 heavy (non-hydrogen) atoms. The Kier molecular flexibility index (Phi) is 6.92. The largest absolute Gasteiger partial charge is 0.468 e. The zero-order chi connectivity index (χ0) is 24.0. The normalized spacial score (nSPS) is 16.2. The predicted molar refractivity (Wildman–Crippen MR) is 132 cm³/mol. The molecule has 0 saturated heterocycles. The summed E-state index contributed by atoms with van der Waals surface area (Å²) in [5, 5.41) is 0. The van der Waals surface area contributed by atoms with Gasteiger partial charge in [-0.05, 0) is 18.4 Å². The molecule has 1 saturated carbocycles. The number of hydrogen-bond acceptors (Lipinski definition) is 5. The SMILES string of the molecule is COC(=O)C1(C(N=C(c2ccccc2)c2ccccc2)(C(=O)OC)c2ccccc2)CCCC1. The third kappa shape index (κ3) is 3.92. The van der Waals surface area contributed by atoms with Gasteiger partial charge in [0, 0.05) is 11.1 Å². The van der Waals surface area contributed by atoms with Crippen LogP contribution in [0.3, 0.4) is 0 Å². The Morgan fingerprint density at radius 1 is 0.735 bits per heavy atom. The molecular formula is C29H29NO4. The number of hydrogen-bond donors (Lipinski definition) is 0. The van der Waals surface area contributed by atoms with Crippen LogP contribution in [-0.4, -0.2) is 31.9 Å². The number of benzene rings is 3. The fraction of sp³-hybridized carbons (Fsp3) is 0.276. The highest BCUT2D eigenvalue weighted by Crippen LogP contribution is 2.55. The molecule has 0 spiro atoms. The van der Waals surface area contributed by atoms with Crippen LogP contribution in [0.1, 0.15) is 42.4 Å². The molecule has 0 bridgehead atoms. The summed E-state index contributed by atoms with van der Waals surface area (Å²) in [6.07, 6.45) is 2.54. The molecule has 5 heteroatoms. The smallest absolute Gasteiger partial charge is 0.339 e. The second kappa shape index (κ2) is 10.0. The number of carbonyl (C=O) groups is 2. The Balaban J connectivity index is 2.13. The van der Waals surface area contributed by atoms with E-state index >= 15 is 0 Å². The summed E-state index contributed by atoms with van der Waals surface area (Å²) in [6, 6.07) is 28.7. The van der Waals surface area contributed by atoms with E-state index in [9.17, 15) is 9.59 Å². The summed E-state index contributed by atoms with van der Waals surface area (Å²) in [7, 11) is 2.72. The van der Waals surface area contributed by atoms with E-state index in [0.29, 0.717) is 24.1 Å². The van der Waals surface area contributed by atoms with Crippen LogP contribution in [0, 0.1) is 5.41 Å². The van der Waals surface area contributed by atoms with Crippen LogP contribution in [0.15, 0.2) is 96.0 Å². The standard InChI is InChI=1S/C29H29NO4/c1-33-26(31)28(20-12-13-21-28)29(27(32)34-2,24-18-10-5-11-19-24)30-25(22-14-6-3-7-15-22)23-16-8-4-9-17-23/h3-11,14-19H,12-13,20-21H2,1-2H3. The number of nitrogens with zero attached hydrogens (tertiary/aromatic N) is 1. The lowest BCUT2D eigenvalue weighted by molar-refractivity contribution is -0.169. The Labute approximate surface area is 200 Å². The fourth-order valence-corrected chi connectivity index (χ4v) is 5.18. The molecule has 0 aromatic heterocycles. The van der Waals surface area contributed by atoms with Crippen LogP contribution >= 0.6 is 0 Å². The van der Waals surface area contributed by atoms with Gasteiger partial charge in [-0.3, -0.25) is 9.79 Å². The minimum Gasteiger partial charge on any atom is -0.468 e. The van der Waals surface area contributed by atoms with E-state index in [-0.39, 0.29) is 0 Å². The second-order valence-corrected chi connectivity index (χ2v) is 8.54. The van der Waals surface area contributed by atoms with E-state index in [2.05, 4.69) is 0 Å². The average molecular weight is 456 g/mol. The van der Waals surface area contributed by atoms with Gasteiger partial charge in [-0.2, -0.15) is 0 Å². The summed E-state index contributed by atoms with van der Waals surface area (Å²) < 4.78 is 10.8. The Hall–Kier alpha value is -3.73. The lowest BCUT2D eigenvalue weighted by atomic mass is 9.64. The summed E-state index contributed by atoms with van der Waals surface area (Å²) in [4.78, 5) is 32.7. The first kappa shape index (κ1) is 23.4. The minimum absolute atomic E-state index is 0.441. The second-order valence-electron chi connectivity index (χ2n) is 8.54. The zero-order valence-electron chi connectivity index (χ0n) is 19.6. The minimum atomic E-state index is -1.62. The highest BCUT2D eigenvalue weighted by Gasteiger charge is 2.65. The van der Waals surface area contributed by atoms with Gasteiger partial charge in [0.2, 0.25) is 0 Å². The molecule has 3 aromatic rings. The summed E-state index contributed by atoms with van der Waals surface area (Å²) in [6.45, 7) is 0. The van der Waals surface area contributed by atoms with Gasteiger partial charge in [0.15, 0.2) is 5.54 Å². The number of aliphatic imine (C=N–C) groups is 1. The maximum atomic E-state index is 13.9. The van der Waals surface area contributed by atoms with Crippen molar-refractivity contribution >= 4 is 17.7 Å². The average Bonchev–Trinajstić information content (AvgIpc) is 3.41. The lowest BCUT2D eigenvalue weighted by Crippen LogP contribution is -2.55. The Morgan fingerprint density at radius 2 is 1.21 bits per heavy atom. The van der Waals surface area contributed by atoms with Crippen LogP contribution < -0.4 is 0 Å². The Morgan fingerprint density at radius 3 is 1.65 bits per heavy atom. The van der Waals surface area contributed by atoms with E-state index in [1.807, 2.05) is 91.0 Å². The maximum Gasteiger partial charge on any atom is 0.339 e. The molecular weight excluding hydrogens is 426 g/mol. The third-order valence-electron chi connectivity index (χ3n) is 6.77. The van der Waals surface area contributed by atoms with Crippen molar-refractivity contribution < 1.29 is 19.1 Å². The molecule has 4 rings (SSSR count). The molecule has 1 atom stereocenters. The highest BCUT2D eigenvalue weighted by molar-refractivity contribution is 6.14. The monoisotopic (exact) mass is 455 g/mol. The maximum absolute atomic E-state index is 13.9. The van der Waals surface area contributed by atoms with Crippen molar-refractivity contribution in [3.63, 3.8) is 0 Å². The Bertz CT molecular complexity index is 1110. The highest BCUT2D eigenvalue weighted by atomic mass is 16.5. The van der Waals surface area contributed by atoms with Gasteiger partial charge in [-0.25, -0.2) is 4.79 Å². The van der Waals surface area contributed by atoms with Gasteiger partial charge in [0.05, 0.1) is 19.9 Å².